The summed E-state index contributed by atoms with van der Waals surface area (Å²) in [5.74, 6) is 2.50. The molecule has 4 aromatic rings. The van der Waals surface area contributed by atoms with Crippen LogP contribution in [-0.4, -0.2) is 22.6 Å². The molecule has 0 atom stereocenters. The van der Waals surface area contributed by atoms with Crippen LogP contribution in [0.3, 0.4) is 0 Å². The summed E-state index contributed by atoms with van der Waals surface area (Å²) in [4.78, 5) is 4.89. The normalized spacial score (nSPS) is 13.1. The third kappa shape index (κ3) is 2.50. The minimum atomic E-state index is 0.575. The highest BCUT2D eigenvalue weighted by Gasteiger charge is 2.17. The van der Waals surface area contributed by atoms with Crippen LogP contribution in [0, 0.1) is 6.92 Å². The van der Waals surface area contributed by atoms with Crippen LogP contribution >= 0.6 is 11.3 Å². The maximum Gasteiger partial charge on any atom is 0.163 e. The summed E-state index contributed by atoms with van der Waals surface area (Å²) in [6.07, 6.45) is 2.03. The van der Waals surface area contributed by atoms with Crippen molar-refractivity contribution in [2.75, 3.05) is 18.5 Å². The van der Waals surface area contributed by atoms with Crippen molar-refractivity contribution >= 4 is 28.5 Å². The molecule has 6 heteroatoms. The molecule has 5 rings (SSSR count). The summed E-state index contributed by atoms with van der Waals surface area (Å²) in [6, 6.07) is 12.1. The molecule has 26 heavy (non-hydrogen) atoms. The van der Waals surface area contributed by atoms with Crippen molar-refractivity contribution in [1.82, 2.24) is 9.38 Å². The van der Waals surface area contributed by atoms with Gasteiger partial charge in [-0.25, -0.2) is 4.98 Å². The Bertz CT molecular complexity index is 1090. The highest BCUT2D eigenvalue weighted by atomic mass is 32.1. The number of rotatable bonds is 3. The Morgan fingerprint density at radius 3 is 2.85 bits per heavy atom. The zero-order valence-corrected chi connectivity index (χ0v) is 15.0. The van der Waals surface area contributed by atoms with Gasteiger partial charge in [-0.1, -0.05) is 6.07 Å². The van der Waals surface area contributed by atoms with E-state index in [1.54, 1.807) is 11.3 Å². The van der Waals surface area contributed by atoms with E-state index in [4.69, 9.17) is 14.5 Å². The number of nitrogens with one attached hydrogen (secondary N) is 1. The Labute approximate surface area is 154 Å². The van der Waals surface area contributed by atoms with Gasteiger partial charge in [-0.3, -0.25) is 4.40 Å². The predicted octanol–water partition coefficient (Wildman–Crippen LogP) is 4.89. The molecule has 0 saturated heterocycles. The Balaban J connectivity index is 1.64. The van der Waals surface area contributed by atoms with E-state index >= 15 is 0 Å². The van der Waals surface area contributed by atoms with E-state index in [0.717, 1.165) is 45.5 Å². The molecule has 5 nitrogen and oxygen atoms in total. The number of hydrogen-bond acceptors (Lipinski definition) is 5. The zero-order valence-electron chi connectivity index (χ0n) is 14.2. The molecular weight excluding hydrogens is 346 g/mol. The molecule has 0 unspecified atom stereocenters. The van der Waals surface area contributed by atoms with Gasteiger partial charge in [-0.2, -0.15) is 11.3 Å². The molecular formula is C20H17N3O2S. The maximum absolute atomic E-state index is 5.71. The molecule has 3 aromatic heterocycles. The lowest BCUT2D eigenvalue weighted by atomic mass is 10.2. The van der Waals surface area contributed by atoms with Gasteiger partial charge >= 0.3 is 0 Å². The Kier molecular flexibility index (Phi) is 3.57. The summed E-state index contributed by atoms with van der Waals surface area (Å²) < 4.78 is 13.4. The average molecular weight is 363 g/mol. The van der Waals surface area contributed by atoms with E-state index < -0.39 is 0 Å². The van der Waals surface area contributed by atoms with Crippen LogP contribution in [0.1, 0.15) is 5.56 Å². The number of aryl methyl sites for hydroxylation is 1. The average Bonchev–Trinajstić information content (AvgIpc) is 3.31. The monoisotopic (exact) mass is 363 g/mol. The fraction of sp³-hybridized carbons (Fsp3) is 0.150. The van der Waals surface area contributed by atoms with Crippen LogP contribution in [0.15, 0.2) is 53.4 Å². The number of hydrogen-bond donors (Lipinski definition) is 1. The second kappa shape index (κ2) is 6.07. The second-order valence-corrected chi connectivity index (χ2v) is 6.97. The maximum atomic E-state index is 5.71. The molecule has 0 saturated carbocycles. The number of ether oxygens (including phenoxy) is 2. The van der Waals surface area contributed by atoms with E-state index in [0.29, 0.717) is 13.2 Å². The van der Waals surface area contributed by atoms with Gasteiger partial charge in [0.1, 0.15) is 30.4 Å². The van der Waals surface area contributed by atoms with Gasteiger partial charge in [0.2, 0.25) is 0 Å². The topological polar surface area (TPSA) is 47.8 Å². The van der Waals surface area contributed by atoms with Crippen LogP contribution in [-0.2, 0) is 0 Å². The molecule has 0 amide bonds. The van der Waals surface area contributed by atoms with Crippen molar-refractivity contribution in [3.05, 3.63) is 58.9 Å². The van der Waals surface area contributed by atoms with Crippen LogP contribution < -0.4 is 14.8 Å². The molecule has 4 heterocycles. The van der Waals surface area contributed by atoms with Gasteiger partial charge in [0.15, 0.2) is 11.5 Å². The Hall–Kier alpha value is -2.99. The molecule has 0 spiro atoms. The molecule has 130 valence electrons. The van der Waals surface area contributed by atoms with Crippen molar-refractivity contribution in [3.63, 3.8) is 0 Å². The number of imidazole rings is 1. The van der Waals surface area contributed by atoms with Gasteiger partial charge in [0.25, 0.3) is 0 Å². The minimum absolute atomic E-state index is 0.575. The lowest BCUT2D eigenvalue weighted by Crippen LogP contribution is -2.15. The van der Waals surface area contributed by atoms with Crippen molar-refractivity contribution in [1.29, 1.82) is 0 Å². The quantitative estimate of drug-likeness (QED) is 0.563. The number of aromatic nitrogens is 2. The lowest BCUT2D eigenvalue weighted by molar-refractivity contribution is 0.171. The first-order chi connectivity index (χ1) is 12.8. The van der Waals surface area contributed by atoms with Crippen LogP contribution in [0.25, 0.3) is 16.9 Å². The molecule has 1 N–H and O–H groups in total. The Morgan fingerprint density at radius 1 is 1.12 bits per heavy atom. The smallest absolute Gasteiger partial charge is 0.163 e. The summed E-state index contributed by atoms with van der Waals surface area (Å²) in [5.41, 5.74) is 5.08. The zero-order chi connectivity index (χ0) is 17.5. The molecule has 0 bridgehead atoms. The molecule has 1 aliphatic rings. The van der Waals surface area contributed by atoms with Crippen molar-refractivity contribution in [2.24, 2.45) is 0 Å². The third-order valence-corrected chi connectivity index (χ3v) is 5.13. The highest BCUT2D eigenvalue weighted by Crippen LogP contribution is 2.36. The largest absolute Gasteiger partial charge is 0.486 e. The number of benzene rings is 1. The first kappa shape index (κ1) is 15.3. The second-order valence-electron chi connectivity index (χ2n) is 6.19. The van der Waals surface area contributed by atoms with Crippen LogP contribution in [0.2, 0.25) is 0 Å². The number of fused-ring (bicyclic) bond motifs is 2. The van der Waals surface area contributed by atoms with E-state index in [9.17, 15) is 0 Å². The molecule has 1 aliphatic heterocycles. The minimum Gasteiger partial charge on any atom is -0.486 e. The predicted molar refractivity (Wildman–Crippen MR) is 104 cm³/mol. The van der Waals surface area contributed by atoms with E-state index in [1.807, 2.05) is 30.5 Å². The highest BCUT2D eigenvalue weighted by molar-refractivity contribution is 7.08. The molecule has 1 aromatic carbocycles. The Morgan fingerprint density at radius 2 is 2.00 bits per heavy atom. The number of pyridine rings is 1. The SMILES string of the molecule is Cc1cccn2c(Nc3ccc4c(c3)OCCO4)c(-c3ccsc3)nc12. The number of thiophene rings is 1. The van der Waals surface area contributed by atoms with Crippen LogP contribution in [0.4, 0.5) is 11.5 Å². The fourth-order valence-corrected chi connectivity index (χ4v) is 3.82. The standard InChI is InChI=1S/C20H17N3O2S/c1-13-3-2-7-23-19(13)22-18(14-6-10-26-12-14)20(23)21-15-4-5-16-17(11-15)25-9-8-24-16/h2-7,10-12,21H,8-9H2,1H3. The van der Waals surface area contributed by atoms with Gasteiger partial charge < -0.3 is 14.8 Å². The first-order valence-electron chi connectivity index (χ1n) is 8.46. The van der Waals surface area contributed by atoms with Crippen molar-refractivity contribution in [2.45, 2.75) is 6.92 Å². The van der Waals surface area contributed by atoms with Gasteiger partial charge in [0, 0.05) is 28.9 Å². The number of anilines is 2. The summed E-state index contributed by atoms with van der Waals surface area (Å²) in [7, 11) is 0. The van der Waals surface area contributed by atoms with Gasteiger partial charge in [-0.15, -0.1) is 0 Å². The summed E-state index contributed by atoms with van der Waals surface area (Å²) in [6.45, 7) is 3.24. The molecule has 0 fully saturated rings. The first-order valence-corrected chi connectivity index (χ1v) is 9.41. The molecule has 0 aliphatic carbocycles. The fourth-order valence-electron chi connectivity index (χ4n) is 3.18. The van der Waals surface area contributed by atoms with Crippen molar-refractivity contribution in [3.8, 4) is 22.8 Å². The van der Waals surface area contributed by atoms with Gasteiger partial charge in [-0.05, 0) is 42.1 Å². The lowest BCUT2D eigenvalue weighted by Gasteiger charge is -2.19. The number of nitrogens with zero attached hydrogens (tertiary/aromatic N) is 2. The molecule has 0 radical (unpaired) electrons. The summed E-state index contributed by atoms with van der Waals surface area (Å²) >= 11 is 1.67. The summed E-state index contributed by atoms with van der Waals surface area (Å²) in [5, 5.41) is 7.72. The third-order valence-electron chi connectivity index (χ3n) is 4.44. The van der Waals surface area contributed by atoms with Crippen molar-refractivity contribution < 1.29 is 9.47 Å². The van der Waals surface area contributed by atoms with E-state index in [1.165, 1.54) is 0 Å². The van der Waals surface area contributed by atoms with Gasteiger partial charge in [0.05, 0.1) is 0 Å². The van der Waals surface area contributed by atoms with Crippen LogP contribution in [0.5, 0.6) is 11.5 Å². The van der Waals surface area contributed by atoms with E-state index in [-0.39, 0.29) is 0 Å². The van der Waals surface area contributed by atoms with E-state index in [2.05, 4.69) is 39.5 Å².